The lowest BCUT2D eigenvalue weighted by molar-refractivity contribution is 0.0697. The smallest absolute Gasteiger partial charge is 0.337 e. The number of benzene rings is 1. The molecule has 0 aliphatic heterocycles. The number of para-hydroxylation sites is 1. The maximum absolute atomic E-state index is 13.5. The van der Waals surface area contributed by atoms with Crippen LogP contribution in [0.1, 0.15) is 24.2 Å². The molecule has 4 heteroatoms. The molecule has 0 heterocycles. The quantitative estimate of drug-likeness (QED) is 0.834. The van der Waals surface area contributed by atoms with Crippen LogP contribution in [-0.2, 0) is 0 Å². The molecule has 0 aromatic heterocycles. The third-order valence-corrected chi connectivity index (χ3v) is 2.34. The number of carboxylic acids is 1. The van der Waals surface area contributed by atoms with E-state index in [1.54, 1.807) is 11.9 Å². The van der Waals surface area contributed by atoms with Gasteiger partial charge in [-0.2, -0.15) is 0 Å². The van der Waals surface area contributed by atoms with E-state index >= 15 is 0 Å². The fourth-order valence-electron chi connectivity index (χ4n) is 1.30. The van der Waals surface area contributed by atoms with Crippen LogP contribution in [0.25, 0.3) is 0 Å². The molecular weight excluding hydrogens is 197 g/mol. The molecule has 15 heavy (non-hydrogen) atoms. The second kappa shape index (κ2) is 4.29. The summed E-state index contributed by atoms with van der Waals surface area (Å²) >= 11 is 0. The van der Waals surface area contributed by atoms with Gasteiger partial charge in [0.1, 0.15) is 5.82 Å². The van der Waals surface area contributed by atoms with Crippen molar-refractivity contribution in [3.63, 3.8) is 0 Å². The molecular formula is C11H14FNO2. The number of aromatic carboxylic acids is 1. The summed E-state index contributed by atoms with van der Waals surface area (Å²) in [6.07, 6.45) is 0. The average Bonchev–Trinajstić information content (AvgIpc) is 2.16. The Morgan fingerprint density at radius 3 is 2.53 bits per heavy atom. The summed E-state index contributed by atoms with van der Waals surface area (Å²) in [5, 5.41) is 8.93. The highest BCUT2D eigenvalue weighted by Crippen LogP contribution is 2.24. The summed E-state index contributed by atoms with van der Waals surface area (Å²) < 4.78 is 13.5. The van der Waals surface area contributed by atoms with Crippen molar-refractivity contribution in [3.05, 3.63) is 29.6 Å². The normalized spacial score (nSPS) is 10.5. The highest BCUT2D eigenvalue weighted by Gasteiger charge is 2.18. The van der Waals surface area contributed by atoms with Crippen LogP contribution in [0.4, 0.5) is 10.1 Å². The van der Waals surface area contributed by atoms with Gasteiger partial charge < -0.3 is 10.0 Å². The average molecular weight is 211 g/mol. The lowest BCUT2D eigenvalue weighted by Crippen LogP contribution is -2.28. The van der Waals surface area contributed by atoms with Crippen LogP contribution in [0.3, 0.4) is 0 Å². The Kier molecular flexibility index (Phi) is 3.29. The van der Waals surface area contributed by atoms with E-state index in [0.29, 0.717) is 0 Å². The summed E-state index contributed by atoms with van der Waals surface area (Å²) in [5.74, 6) is -1.62. The van der Waals surface area contributed by atoms with Gasteiger partial charge in [0.25, 0.3) is 0 Å². The van der Waals surface area contributed by atoms with Gasteiger partial charge in [-0.15, -0.1) is 0 Å². The van der Waals surface area contributed by atoms with Crippen LogP contribution < -0.4 is 4.90 Å². The van der Waals surface area contributed by atoms with Crippen molar-refractivity contribution in [3.8, 4) is 0 Å². The predicted octanol–water partition coefficient (Wildman–Crippen LogP) is 2.37. The molecule has 0 saturated carbocycles. The van der Waals surface area contributed by atoms with Crippen LogP contribution in [0, 0.1) is 5.82 Å². The van der Waals surface area contributed by atoms with Gasteiger partial charge in [-0.1, -0.05) is 6.07 Å². The summed E-state index contributed by atoms with van der Waals surface area (Å²) in [7, 11) is 1.68. The second-order valence-electron chi connectivity index (χ2n) is 3.65. The van der Waals surface area contributed by atoms with Crippen LogP contribution in [0.2, 0.25) is 0 Å². The van der Waals surface area contributed by atoms with E-state index < -0.39 is 11.8 Å². The Bertz CT molecular complexity index is 377. The lowest BCUT2D eigenvalue weighted by atomic mass is 10.1. The monoisotopic (exact) mass is 211 g/mol. The van der Waals surface area contributed by atoms with Gasteiger partial charge in [-0.25, -0.2) is 9.18 Å². The molecule has 0 unspecified atom stereocenters. The molecule has 82 valence electrons. The molecule has 0 spiro atoms. The van der Waals surface area contributed by atoms with E-state index in [4.69, 9.17) is 5.11 Å². The van der Waals surface area contributed by atoms with Gasteiger partial charge in [-0.05, 0) is 26.0 Å². The lowest BCUT2D eigenvalue weighted by Gasteiger charge is -2.25. The highest BCUT2D eigenvalue weighted by molar-refractivity contribution is 5.94. The van der Waals surface area contributed by atoms with Gasteiger partial charge in [0.15, 0.2) is 0 Å². The molecule has 0 fully saturated rings. The van der Waals surface area contributed by atoms with Gasteiger partial charge in [0, 0.05) is 13.1 Å². The number of carboxylic acid groups (broad SMARTS) is 1. The number of nitrogens with zero attached hydrogens (tertiary/aromatic N) is 1. The number of rotatable bonds is 3. The van der Waals surface area contributed by atoms with Crippen LogP contribution in [0.5, 0.6) is 0 Å². The second-order valence-corrected chi connectivity index (χ2v) is 3.65. The molecule has 0 saturated heterocycles. The molecule has 1 aromatic rings. The molecule has 1 aromatic carbocycles. The molecule has 1 N–H and O–H groups in total. The first-order valence-electron chi connectivity index (χ1n) is 4.69. The Labute approximate surface area is 88.1 Å². The van der Waals surface area contributed by atoms with Crippen molar-refractivity contribution in [2.75, 3.05) is 11.9 Å². The minimum Gasteiger partial charge on any atom is -0.478 e. The zero-order valence-corrected chi connectivity index (χ0v) is 8.99. The van der Waals surface area contributed by atoms with E-state index in [2.05, 4.69) is 0 Å². The Morgan fingerprint density at radius 1 is 1.47 bits per heavy atom. The standard InChI is InChI=1S/C11H14FNO2/c1-7(2)13(3)10-8(11(14)15)5-4-6-9(10)12/h4-7H,1-3H3,(H,14,15). The first kappa shape index (κ1) is 11.5. The van der Waals surface area contributed by atoms with Gasteiger partial charge >= 0.3 is 5.97 Å². The van der Waals surface area contributed by atoms with E-state index in [-0.39, 0.29) is 17.3 Å². The third kappa shape index (κ3) is 2.26. The van der Waals surface area contributed by atoms with E-state index in [0.717, 1.165) is 0 Å². The Hall–Kier alpha value is -1.58. The number of anilines is 1. The molecule has 0 aliphatic carbocycles. The van der Waals surface area contributed by atoms with E-state index in [1.807, 2.05) is 13.8 Å². The van der Waals surface area contributed by atoms with Crippen molar-refractivity contribution in [2.24, 2.45) is 0 Å². The minimum absolute atomic E-state index is 0.00815. The minimum atomic E-state index is -1.11. The van der Waals surface area contributed by atoms with Gasteiger partial charge in [0.2, 0.25) is 0 Å². The fraction of sp³-hybridized carbons (Fsp3) is 0.364. The molecule has 0 bridgehead atoms. The topological polar surface area (TPSA) is 40.5 Å². The predicted molar refractivity (Wildman–Crippen MR) is 56.9 cm³/mol. The molecule has 0 radical (unpaired) electrons. The number of hydrogen-bond acceptors (Lipinski definition) is 2. The first-order chi connectivity index (χ1) is 6.95. The highest BCUT2D eigenvalue weighted by atomic mass is 19.1. The molecule has 0 amide bonds. The van der Waals surface area contributed by atoms with Crippen molar-refractivity contribution in [1.82, 2.24) is 0 Å². The van der Waals surface area contributed by atoms with Crippen molar-refractivity contribution >= 4 is 11.7 Å². The van der Waals surface area contributed by atoms with Crippen LogP contribution >= 0.6 is 0 Å². The summed E-state index contributed by atoms with van der Waals surface area (Å²) in [5.41, 5.74) is 0.131. The third-order valence-electron chi connectivity index (χ3n) is 2.34. The molecule has 0 atom stereocenters. The SMILES string of the molecule is CC(C)N(C)c1c(F)cccc1C(=O)O. The largest absolute Gasteiger partial charge is 0.478 e. The number of halogens is 1. The Balaban J connectivity index is 3.30. The molecule has 0 aliphatic rings. The van der Waals surface area contributed by atoms with E-state index in [1.165, 1.54) is 18.2 Å². The van der Waals surface area contributed by atoms with Gasteiger partial charge in [-0.3, -0.25) is 0 Å². The maximum Gasteiger partial charge on any atom is 0.337 e. The maximum atomic E-state index is 13.5. The summed E-state index contributed by atoms with van der Waals surface area (Å²) in [6.45, 7) is 3.75. The van der Waals surface area contributed by atoms with Crippen molar-refractivity contribution in [2.45, 2.75) is 19.9 Å². The van der Waals surface area contributed by atoms with Crippen molar-refractivity contribution in [1.29, 1.82) is 0 Å². The summed E-state index contributed by atoms with van der Waals surface area (Å²) in [6, 6.07) is 4.11. The zero-order chi connectivity index (χ0) is 11.6. The van der Waals surface area contributed by atoms with Crippen LogP contribution in [0.15, 0.2) is 18.2 Å². The zero-order valence-electron chi connectivity index (χ0n) is 8.99. The molecule has 3 nitrogen and oxygen atoms in total. The van der Waals surface area contributed by atoms with Crippen molar-refractivity contribution < 1.29 is 14.3 Å². The van der Waals surface area contributed by atoms with Crippen LogP contribution in [-0.4, -0.2) is 24.2 Å². The fourth-order valence-corrected chi connectivity index (χ4v) is 1.30. The number of hydrogen-bond donors (Lipinski definition) is 1. The Morgan fingerprint density at radius 2 is 2.07 bits per heavy atom. The number of carbonyl (C=O) groups is 1. The van der Waals surface area contributed by atoms with E-state index in [9.17, 15) is 9.18 Å². The van der Waals surface area contributed by atoms with Gasteiger partial charge in [0.05, 0.1) is 11.3 Å². The molecule has 1 rings (SSSR count). The first-order valence-corrected chi connectivity index (χ1v) is 4.69. The summed E-state index contributed by atoms with van der Waals surface area (Å²) in [4.78, 5) is 12.5.